The molecule has 0 unspecified atom stereocenters. The van der Waals surface area contributed by atoms with Crippen LogP contribution in [0.5, 0.6) is 0 Å². The van der Waals surface area contributed by atoms with E-state index in [-0.39, 0.29) is 5.97 Å². The highest BCUT2D eigenvalue weighted by molar-refractivity contribution is 5.89. The van der Waals surface area contributed by atoms with Gasteiger partial charge < -0.3 is 4.74 Å². The van der Waals surface area contributed by atoms with E-state index in [2.05, 4.69) is 55.5 Å². The normalized spacial score (nSPS) is 10.5. The van der Waals surface area contributed by atoms with Crippen molar-refractivity contribution in [1.29, 1.82) is 0 Å². The molecular formula is C24H24O2. The second-order valence-electron chi connectivity index (χ2n) is 6.44. The van der Waals surface area contributed by atoms with Crippen LogP contribution < -0.4 is 0 Å². The van der Waals surface area contributed by atoms with E-state index >= 15 is 0 Å². The lowest BCUT2D eigenvalue weighted by molar-refractivity contribution is 0.0600. The van der Waals surface area contributed by atoms with Crippen LogP contribution in [0.1, 0.15) is 34.0 Å². The van der Waals surface area contributed by atoms with Crippen molar-refractivity contribution in [3.8, 4) is 11.1 Å². The van der Waals surface area contributed by atoms with Crippen LogP contribution in [-0.2, 0) is 24.0 Å². The number of benzene rings is 3. The van der Waals surface area contributed by atoms with Gasteiger partial charge in [0.15, 0.2) is 0 Å². The zero-order valence-electron chi connectivity index (χ0n) is 15.4. The summed E-state index contributed by atoms with van der Waals surface area (Å²) in [4.78, 5) is 11.5. The molecule has 3 rings (SSSR count). The Morgan fingerprint density at radius 3 is 1.54 bits per heavy atom. The van der Waals surface area contributed by atoms with Crippen molar-refractivity contribution in [2.75, 3.05) is 7.11 Å². The van der Waals surface area contributed by atoms with Crippen LogP contribution in [0.25, 0.3) is 11.1 Å². The van der Waals surface area contributed by atoms with Gasteiger partial charge >= 0.3 is 5.97 Å². The van der Waals surface area contributed by atoms with Gasteiger partial charge in [-0.15, -0.1) is 0 Å². The van der Waals surface area contributed by atoms with E-state index in [0.717, 1.165) is 19.3 Å². The zero-order valence-corrected chi connectivity index (χ0v) is 15.4. The van der Waals surface area contributed by atoms with Crippen LogP contribution in [0.15, 0.2) is 72.8 Å². The van der Waals surface area contributed by atoms with E-state index in [0.29, 0.717) is 5.56 Å². The first-order valence-corrected chi connectivity index (χ1v) is 9.05. The number of hydrogen-bond acceptors (Lipinski definition) is 2. The average Bonchev–Trinajstić information content (AvgIpc) is 2.72. The third kappa shape index (κ3) is 4.40. The van der Waals surface area contributed by atoms with Gasteiger partial charge in [0.1, 0.15) is 0 Å². The Balaban J connectivity index is 1.61. The first-order chi connectivity index (χ1) is 12.7. The van der Waals surface area contributed by atoms with E-state index in [9.17, 15) is 4.79 Å². The predicted octanol–water partition coefficient (Wildman–Crippen LogP) is 5.49. The molecule has 0 aliphatic rings. The van der Waals surface area contributed by atoms with Crippen molar-refractivity contribution in [1.82, 2.24) is 0 Å². The SMILES string of the molecule is CCc1ccc(-c2ccc(CCc3ccc(C(=O)OC)cc3)cc2)cc1. The Labute approximate surface area is 155 Å². The first kappa shape index (κ1) is 17.9. The van der Waals surface area contributed by atoms with E-state index in [1.807, 2.05) is 24.3 Å². The van der Waals surface area contributed by atoms with Crippen molar-refractivity contribution in [2.24, 2.45) is 0 Å². The summed E-state index contributed by atoms with van der Waals surface area (Å²) in [5, 5.41) is 0. The third-order valence-electron chi connectivity index (χ3n) is 4.73. The molecule has 0 atom stereocenters. The molecule has 0 saturated carbocycles. The molecular weight excluding hydrogens is 320 g/mol. The summed E-state index contributed by atoms with van der Waals surface area (Å²) in [5.41, 5.74) is 7.00. The Hall–Kier alpha value is -2.87. The maximum absolute atomic E-state index is 11.5. The lowest BCUT2D eigenvalue weighted by Gasteiger charge is -2.07. The Kier molecular flexibility index (Phi) is 5.85. The summed E-state index contributed by atoms with van der Waals surface area (Å²) < 4.78 is 4.73. The largest absolute Gasteiger partial charge is 0.465 e. The minimum absolute atomic E-state index is 0.292. The molecule has 3 aromatic rings. The van der Waals surface area contributed by atoms with Crippen LogP contribution in [0.4, 0.5) is 0 Å². The van der Waals surface area contributed by atoms with Gasteiger partial charge in [0.25, 0.3) is 0 Å². The number of carbonyl (C=O) groups excluding carboxylic acids is 1. The highest BCUT2D eigenvalue weighted by Crippen LogP contribution is 2.21. The summed E-state index contributed by atoms with van der Waals surface area (Å²) in [6.45, 7) is 2.17. The van der Waals surface area contributed by atoms with Crippen LogP contribution in [0, 0.1) is 0 Å². The van der Waals surface area contributed by atoms with Crippen molar-refractivity contribution in [3.63, 3.8) is 0 Å². The topological polar surface area (TPSA) is 26.3 Å². The Morgan fingerprint density at radius 1 is 0.692 bits per heavy atom. The lowest BCUT2D eigenvalue weighted by Crippen LogP contribution is -2.01. The number of aryl methyl sites for hydroxylation is 3. The monoisotopic (exact) mass is 344 g/mol. The zero-order chi connectivity index (χ0) is 18.4. The first-order valence-electron chi connectivity index (χ1n) is 9.05. The van der Waals surface area contributed by atoms with Gasteiger partial charge in [-0.2, -0.15) is 0 Å². The van der Waals surface area contributed by atoms with Crippen molar-refractivity contribution in [2.45, 2.75) is 26.2 Å². The van der Waals surface area contributed by atoms with Gasteiger partial charge in [-0.1, -0.05) is 67.6 Å². The Morgan fingerprint density at radius 2 is 1.12 bits per heavy atom. The van der Waals surface area contributed by atoms with Gasteiger partial charge in [0, 0.05) is 0 Å². The summed E-state index contributed by atoms with van der Waals surface area (Å²) in [6, 6.07) is 25.2. The maximum atomic E-state index is 11.5. The molecule has 26 heavy (non-hydrogen) atoms. The van der Waals surface area contributed by atoms with E-state index in [1.54, 1.807) is 0 Å². The minimum Gasteiger partial charge on any atom is -0.465 e. The van der Waals surface area contributed by atoms with E-state index in [4.69, 9.17) is 4.74 Å². The third-order valence-corrected chi connectivity index (χ3v) is 4.73. The van der Waals surface area contributed by atoms with Gasteiger partial charge in [-0.05, 0) is 59.2 Å². The molecule has 0 spiro atoms. The Bertz CT molecular complexity index is 844. The number of hydrogen-bond donors (Lipinski definition) is 0. The maximum Gasteiger partial charge on any atom is 0.337 e. The van der Waals surface area contributed by atoms with Gasteiger partial charge in [-0.25, -0.2) is 4.79 Å². The number of rotatable bonds is 6. The molecule has 0 aromatic heterocycles. The molecule has 0 heterocycles. The average molecular weight is 344 g/mol. The van der Waals surface area contributed by atoms with Crippen LogP contribution in [-0.4, -0.2) is 13.1 Å². The van der Waals surface area contributed by atoms with Gasteiger partial charge in [-0.3, -0.25) is 0 Å². The summed E-state index contributed by atoms with van der Waals surface area (Å²) >= 11 is 0. The summed E-state index contributed by atoms with van der Waals surface area (Å²) in [7, 11) is 1.40. The molecule has 0 radical (unpaired) electrons. The number of ether oxygens (including phenoxy) is 1. The standard InChI is InChI=1S/C24H24O2/c1-3-18-6-12-21(13-7-18)22-14-8-19(9-15-22)4-5-20-10-16-23(17-11-20)24(25)26-2/h6-17H,3-5H2,1-2H3. The van der Waals surface area contributed by atoms with E-state index < -0.39 is 0 Å². The van der Waals surface area contributed by atoms with Crippen LogP contribution >= 0.6 is 0 Å². The fourth-order valence-corrected chi connectivity index (χ4v) is 3.01. The number of esters is 1. The quantitative estimate of drug-likeness (QED) is 0.553. The second-order valence-corrected chi connectivity index (χ2v) is 6.44. The van der Waals surface area contributed by atoms with Crippen molar-refractivity contribution < 1.29 is 9.53 Å². The molecule has 0 bridgehead atoms. The number of methoxy groups -OCH3 is 1. The number of carbonyl (C=O) groups is 1. The molecule has 0 aliphatic carbocycles. The molecule has 0 N–H and O–H groups in total. The fraction of sp³-hybridized carbons (Fsp3) is 0.208. The van der Waals surface area contributed by atoms with Crippen LogP contribution in [0.3, 0.4) is 0 Å². The minimum atomic E-state index is -0.292. The predicted molar refractivity (Wildman–Crippen MR) is 106 cm³/mol. The molecule has 0 amide bonds. The molecule has 0 fully saturated rings. The van der Waals surface area contributed by atoms with Crippen molar-refractivity contribution in [3.05, 3.63) is 95.1 Å². The van der Waals surface area contributed by atoms with Crippen molar-refractivity contribution >= 4 is 5.97 Å². The molecule has 3 aromatic carbocycles. The molecule has 2 heteroatoms. The highest BCUT2D eigenvalue weighted by Gasteiger charge is 2.05. The summed E-state index contributed by atoms with van der Waals surface area (Å²) in [6.07, 6.45) is 3.00. The molecule has 2 nitrogen and oxygen atoms in total. The van der Waals surface area contributed by atoms with Gasteiger partial charge in [0.05, 0.1) is 12.7 Å². The molecule has 132 valence electrons. The molecule has 0 aliphatic heterocycles. The summed E-state index contributed by atoms with van der Waals surface area (Å²) in [5.74, 6) is -0.292. The second kappa shape index (κ2) is 8.48. The van der Waals surface area contributed by atoms with Gasteiger partial charge in [0.2, 0.25) is 0 Å². The fourth-order valence-electron chi connectivity index (χ4n) is 3.01. The van der Waals surface area contributed by atoms with E-state index in [1.165, 1.54) is 34.9 Å². The molecule has 0 saturated heterocycles. The lowest BCUT2D eigenvalue weighted by atomic mass is 9.99. The van der Waals surface area contributed by atoms with Crippen LogP contribution in [0.2, 0.25) is 0 Å². The smallest absolute Gasteiger partial charge is 0.337 e. The highest BCUT2D eigenvalue weighted by atomic mass is 16.5.